The van der Waals surface area contributed by atoms with Crippen molar-refractivity contribution in [2.75, 3.05) is 33.7 Å². The molecule has 2 unspecified atom stereocenters. The fourth-order valence-corrected chi connectivity index (χ4v) is 2.75. The van der Waals surface area contributed by atoms with Crippen molar-refractivity contribution < 1.29 is 0 Å². The lowest BCUT2D eigenvalue weighted by Gasteiger charge is -2.20. The fourth-order valence-electron chi connectivity index (χ4n) is 2.75. The van der Waals surface area contributed by atoms with E-state index in [2.05, 4.69) is 29.8 Å². The Balaban J connectivity index is 1.74. The smallest absolute Gasteiger partial charge is 0.0214 e. The van der Waals surface area contributed by atoms with Gasteiger partial charge in [-0.2, -0.15) is 0 Å². The second-order valence-corrected chi connectivity index (χ2v) is 4.50. The van der Waals surface area contributed by atoms with Crippen LogP contribution in [0.4, 0.5) is 0 Å². The van der Waals surface area contributed by atoms with E-state index in [1.54, 1.807) is 0 Å². The Morgan fingerprint density at radius 1 is 1.38 bits per heavy atom. The highest BCUT2D eigenvalue weighted by Gasteiger charge is 2.56. The first kappa shape index (κ1) is 9.05. The summed E-state index contributed by atoms with van der Waals surface area (Å²) in [5.74, 6) is 4.58. The van der Waals surface area contributed by atoms with Crippen LogP contribution >= 0.6 is 0 Å². The van der Waals surface area contributed by atoms with Crippen LogP contribution in [0, 0.1) is 24.2 Å². The van der Waals surface area contributed by atoms with Crippen molar-refractivity contribution in [3.05, 3.63) is 0 Å². The van der Waals surface area contributed by atoms with Gasteiger partial charge in [0.1, 0.15) is 0 Å². The van der Waals surface area contributed by atoms with Crippen LogP contribution in [0.25, 0.3) is 0 Å². The van der Waals surface area contributed by atoms with Gasteiger partial charge in [-0.15, -0.1) is 12.3 Å². The molecule has 1 aliphatic heterocycles. The van der Waals surface area contributed by atoms with Crippen LogP contribution in [0.15, 0.2) is 0 Å². The van der Waals surface area contributed by atoms with Gasteiger partial charge >= 0.3 is 0 Å². The van der Waals surface area contributed by atoms with Gasteiger partial charge < -0.3 is 9.80 Å². The van der Waals surface area contributed by atoms with E-state index in [-0.39, 0.29) is 0 Å². The quantitative estimate of drug-likeness (QED) is 0.581. The summed E-state index contributed by atoms with van der Waals surface area (Å²) in [6.45, 7) is 3.65. The second-order valence-electron chi connectivity index (χ2n) is 4.50. The van der Waals surface area contributed by atoms with Crippen molar-refractivity contribution in [2.45, 2.75) is 12.5 Å². The lowest BCUT2D eigenvalue weighted by atomic mass is 10.3. The van der Waals surface area contributed by atoms with Crippen LogP contribution in [0.2, 0.25) is 0 Å². The third-order valence-corrected chi connectivity index (χ3v) is 3.39. The summed E-state index contributed by atoms with van der Waals surface area (Å²) in [5, 5.41) is 0. The Morgan fingerprint density at radius 3 is 2.46 bits per heavy atom. The van der Waals surface area contributed by atoms with E-state index in [0.29, 0.717) is 0 Å². The van der Waals surface area contributed by atoms with E-state index in [0.717, 1.165) is 30.8 Å². The van der Waals surface area contributed by atoms with Gasteiger partial charge in [0.25, 0.3) is 0 Å². The first-order valence-electron chi connectivity index (χ1n) is 5.06. The van der Waals surface area contributed by atoms with Gasteiger partial charge in [-0.3, -0.25) is 0 Å². The first-order chi connectivity index (χ1) is 6.24. The Morgan fingerprint density at radius 2 is 2.00 bits per heavy atom. The molecule has 2 aliphatic rings. The highest BCUT2D eigenvalue weighted by molar-refractivity contribution is 5.10. The summed E-state index contributed by atoms with van der Waals surface area (Å²) in [6, 6.07) is 0.863. The summed E-state index contributed by atoms with van der Waals surface area (Å²) in [6.07, 6.45) is 6.15. The van der Waals surface area contributed by atoms with Crippen LogP contribution < -0.4 is 0 Å². The number of likely N-dealkylation sites (tertiary alicyclic amines) is 1. The highest BCUT2D eigenvalue weighted by atomic mass is 15.3. The standard InChI is InChI=1S/C11H18N2/c1-4-5-6-13-7-9-10(8-13)11(9)12(2)3/h1,9-11H,5-8H2,2-3H3. The van der Waals surface area contributed by atoms with Crippen molar-refractivity contribution in [3.8, 4) is 12.3 Å². The van der Waals surface area contributed by atoms with Gasteiger partial charge in [-0.1, -0.05) is 0 Å². The third-order valence-electron chi connectivity index (χ3n) is 3.39. The molecule has 2 heteroatoms. The number of terminal acetylenes is 1. The van der Waals surface area contributed by atoms with E-state index in [1.807, 2.05) is 0 Å². The van der Waals surface area contributed by atoms with Crippen molar-refractivity contribution in [3.63, 3.8) is 0 Å². The van der Waals surface area contributed by atoms with Gasteiger partial charge in [0.2, 0.25) is 0 Å². The normalized spacial score (nSPS) is 37.5. The van der Waals surface area contributed by atoms with Crippen LogP contribution in [-0.2, 0) is 0 Å². The summed E-state index contributed by atoms with van der Waals surface area (Å²) < 4.78 is 0. The van der Waals surface area contributed by atoms with Gasteiger partial charge in [0.05, 0.1) is 0 Å². The summed E-state index contributed by atoms with van der Waals surface area (Å²) >= 11 is 0. The van der Waals surface area contributed by atoms with E-state index < -0.39 is 0 Å². The summed E-state index contributed by atoms with van der Waals surface area (Å²) in [5.41, 5.74) is 0. The lowest BCUT2D eigenvalue weighted by Crippen LogP contribution is -2.31. The van der Waals surface area contributed by atoms with Gasteiger partial charge in [0.15, 0.2) is 0 Å². The number of hydrogen-bond acceptors (Lipinski definition) is 2. The molecule has 1 saturated carbocycles. The van der Waals surface area contributed by atoms with Gasteiger partial charge in [-0.25, -0.2) is 0 Å². The van der Waals surface area contributed by atoms with Crippen molar-refractivity contribution in [2.24, 2.45) is 11.8 Å². The molecule has 1 aliphatic carbocycles. The maximum absolute atomic E-state index is 5.24. The molecule has 0 spiro atoms. The molecule has 0 aromatic heterocycles. The van der Waals surface area contributed by atoms with Crippen LogP contribution in [-0.4, -0.2) is 49.6 Å². The third kappa shape index (κ3) is 1.59. The predicted molar refractivity (Wildman–Crippen MR) is 54.3 cm³/mol. The van der Waals surface area contributed by atoms with E-state index >= 15 is 0 Å². The Hall–Kier alpha value is -0.520. The molecule has 0 radical (unpaired) electrons. The largest absolute Gasteiger partial charge is 0.306 e. The van der Waals surface area contributed by atoms with E-state index in [1.165, 1.54) is 13.1 Å². The minimum atomic E-state index is 0.863. The molecular formula is C11H18N2. The molecule has 13 heavy (non-hydrogen) atoms. The van der Waals surface area contributed by atoms with Crippen molar-refractivity contribution in [1.82, 2.24) is 9.80 Å². The number of fused-ring (bicyclic) bond motifs is 1. The minimum absolute atomic E-state index is 0.863. The minimum Gasteiger partial charge on any atom is -0.306 e. The van der Waals surface area contributed by atoms with Gasteiger partial charge in [-0.05, 0) is 25.9 Å². The zero-order chi connectivity index (χ0) is 9.42. The highest BCUT2D eigenvalue weighted by Crippen LogP contribution is 2.47. The molecule has 0 bridgehead atoms. The zero-order valence-corrected chi connectivity index (χ0v) is 8.53. The number of hydrogen-bond donors (Lipinski definition) is 0. The molecule has 2 rings (SSSR count). The molecule has 0 aromatic carbocycles. The van der Waals surface area contributed by atoms with Crippen LogP contribution in [0.1, 0.15) is 6.42 Å². The molecule has 1 heterocycles. The Kier molecular flexibility index (Phi) is 2.31. The molecule has 0 amide bonds. The molecule has 72 valence electrons. The Bertz CT molecular complexity index is 217. The van der Waals surface area contributed by atoms with Gasteiger partial charge in [0, 0.05) is 32.1 Å². The average molecular weight is 178 g/mol. The molecule has 2 nitrogen and oxygen atoms in total. The topological polar surface area (TPSA) is 6.48 Å². The van der Waals surface area contributed by atoms with E-state index in [4.69, 9.17) is 6.42 Å². The average Bonchev–Trinajstić information content (AvgIpc) is 2.61. The van der Waals surface area contributed by atoms with Crippen molar-refractivity contribution >= 4 is 0 Å². The maximum atomic E-state index is 5.24. The fraction of sp³-hybridized carbons (Fsp3) is 0.818. The lowest BCUT2D eigenvalue weighted by molar-refractivity contribution is 0.254. The molecular weight excluding hydrogens is 160 g/mol. The second kappa shape index (κ2) is 3.32. The summed E-state index contributed by atoms with van der Waals surface area (Å²) in [4.78, 5) is 4.88. The predicted octanol–water partition coefficient (Wildman–Crippen LogP) is 0.502. The number of rotatable bonds is 3. The first-order valence-corrected chi connectivity index (χ1v) is 5.06. The molecule has 2 atom stereocenters. The molecule has 0 aromatic rings. The van der Waals surface area contributed by atoms with E-state index in [9.17, 15) is 0 Å². The SMILES string of the molecule is C#CCCN1CC2C(C1)C2N(C)C. The maximum Gasteiger partial charge on any atom is 0.0214 e. The zero-order valence-electron chi connectivity index (χ0n) is 8.53. The molecule has 2 fully saturated rings. The number of nitrogens with zero attached hydrogens (tertiary/aromatic N) is 2. The molecule has 0 N–H and O–H groups in total. The molecule has 1 saturated heterocycles. The monoisotopic (exact) mass is 178 g/mol. The summed E-state index contributed by atoms with van der Waals surface area (Å²) in [7, 11) is 4.38. The number of piperidine rings is 1. The van der Waals surface area contributed by atoms with Crippen LogP contribution in [0.5, 0.6) is 0 Å². The van der Waals surface area contributed by atoms with Crippen molar-refractivity contribution in [1.29, 1.82) is 0 Å². The van der Waals surface area contributed by atoms with Crippen LogP contribution in [0.3, 0.4) is 0 Å². The Labute approximate surface area is 80.9 Å².